The highest BCUT2D eigenvalue weighted by atomic mass is 79.9. The van der Waals surface area contributed by atoms with Gasteiger partial charge < -0.3 is 10.6 Å². The van der Waals surface area contributed by atoms with Crippen molar-refractivity contribution in [2.24, 2.45) is 0 Å². The van der Waals surface area contributed by atoms with E-state index in [0.717, 1.165) is 34.4 Å². The molecule has 4 nitrogen and oxygen atoms in total. The van der Waals surface area contributed by atoms with Gasteiger partial charge in [0, 0.05) is 33.8 Å². The van der Waals surface area contributed by atoms with Crippen molar-refractivity contribution in [2.45, 2.75) is 180 Å². The molecule has 0 spiro atoms. The number of pyridine rings is 2. The van der Waals surface area contributed by atoms with Crippen molar-refractivity contribution in [1.82, 2.24) is 9.97 Å². The third kappa shape index (κ3) is 15.9. The molecule has 2 heterocycles. The summed E-state index contributed by atoms with van der Waals surface area (Å²) in [6.45, 7) is 11.5. The van der Waals surface area contributed by atoms with E-state index in [9.17, 15) is 0 Å². The smallest absolute Gasteiger partial charge is 0.114 e. The van der Waals surface area contributed by atoms with E-state index >= 15 is 0 Å². The zero-order valence-electron chi connectivity index (χ0n) is 28.8. The van der Waals surface area contributed by atoms with Crippen LogP contribution >= 0.6 is 31.9 Å². The van der Waals surface area contributed by atoms with E-state index in [-0.39, 0.29) is 0 Å². The minimum Gasteiger partial charge on any atom is -0.381 e. The van der Waals surface area contributed by atoms with Crippen LogP contribution in [0.4, 0.5) is 11.4 Å². The second-order valence-electron chi connectivity index (χ2n) is 13.1. The van der Waals surface area contributed by atoms with Crippen molar-refractivity contribution in [3.8, 4) is 11.4 Å². The zero-order chi connectivity index (χ0) is 32.0. The van der Waals surface area contributed by atoms with Gasteiger partial charge in [0.15, 0.2) is 0 Å². The number of rotatable bonds is 26. The van der Waals surface area contributed by atoms with Crippen LogP contribution in [0.25, 0.3) is 11.4 Å². The molecule has 6 heteroatoms. The summed E-state index contributed by atoms with van der Waals surface area (Å²) in [5, 5.41) is 7.74. The summed E-state index contributed by atoms with van der Waals surface area (Å²) in [5.41, 5.74) is 5.52. The van der Waals surface area contributed by atoms with Gasteiger partial charge in [0.2, 0.25) is 0 Å². The number of halogens is 2. The molecule has 0 aliphatic carbocycles. The Labute approximate surface area is 288 Å². The van der Waals surface area contributed by atoms with Crippen LogP contribution in [0.1, 0.15) is 162 Å². The first-order valence-electron chi connectivity index (χ1n) is 18.2. The van der Waals surface area contributed by atoms with Gasteiger partial charge in [-0.25, -0.2) is 0 Å². The maximum atomic E-state index is 4.98. The van der Waals surface area contributed by atoms with E-state index < -0.39 is 0 Å². The van der Waals surface area contributed by atoms with Crippen molar-refractivity contribution in [2.75, 3.05) is 10.6 Å². The fourth-order valence-corrected chi connectivity index (χ4v) is 6.97. The minimum atomic E-state index is 0.377. The monoisotopic (exact) mass is 734 g/mol. The Morgan fingerprint density at radius 1 is 0.659 bits per heavy atom. The molecule has 44 heavy (non-hydrogen) atoms. The second-order valence-corrected chi connectivity index (χ2v) is 15.3. The molecule has 0 amide bonds. The van der Waals surface area contributed by atoms with Crippen molar-refractivity contribution >= 4 is 43.2 Å². The maximum Gasteiger partial charge on any atom is 0.114 e. The van der Waals surface area contributed by atoms with Gasteiger partial charge >= 0.3 is 0 Å². The Balaban J connectivity index is 2.20. The molecule has 3 unspecified atom stereocenters. The normalized spacial score (nSPS) is 13.5. The summed E-state index contributed by atoms with van der Waals surface area (Å²) in [4.78, 5) is 10.6. The van der Waals surface area contributed by atoms with Crippen LogP contribution in [0.3, 0.4) is 0 Å². The van der Waals surface area contributed by atoms with Gasteiger partial charge in [-0.1, -0.05) is 127 Å². The quantitative estimate of drug-likeness (QED) is 0.0746. The maximum absolute atomic E-state index is 4.98. The number of anilines is 2. The number of unbranched alkanes of at least 4 members (excludes halogenated alkanes) is 11. The van der Waals surface area contributed by atoms with Crippen LogP contribution in [0.2, 0.25) is 0 Å². The van der Waals surface area contributed by atoms with Crippen LogP contribution in [0.5, 0.6) is 0 Å². The zero-order valence-corrected chi connectivity index (χ0v) is 32.0. The lowest BCUT2D eigenvalue weighted by molar-refractivity contribution is 0.569. The Bertz CT molecular complexity index is 1010. The standard InChI is InChI=1S/C38H64Br2N4/c1-6-9-12-15-18-24-33(39)25-20-19-23-32-26-27-41-38(36(32)44-31(5)22-17-14-11-8-3)37-35(28-34(40)29-42-37)43-30(4)21-16-13-10-7-2/h26-31,33,43-44H,6-25H2,1-5H3. The molecule has 0 aliphatic rings. The lowest BCUT2D eigenvalue weighted by Gasteiger charge is -2.23. The van der Waals surface area contributed by atoms with E-state index in [0.29, 0.717) is 16.9 Å². The molecule has 2 N–H and O–H groups in total. The topological polar surface area (TPSA) is 49.8 Å². The van der Waals surface area contributed by atoms with E-state index in [1.807, 2.05) is 12.4 Å². The molecule has 2 aromatic heterocycles. The SMILES string of the molecule is CCCCCCCC(Br)CCCCc1ccnc(-c2ncc(Br)cc2NC(C)CCCCCC)c1NC(C)CCCCCC. The predicted molar refractivity (Wildman–Crippen MR) is 203 cm³/mol. The summed E-state index contributed by atoms with van der Waals surface area (Å²) in [6.07, 6.45) is 29.4. The van der Waals surface area contributed by atoms with E-state index in [4.69, 9.17) is 9.97 Å². The van der Waals surface area contributed by atoms with Crippen LogP contribution in [0, 0.1) is 0 Å². The van der Waals surface area contributed by atoms with Crippen molar-refractivity contribution < 1.29 is 0 Å². The van der Waals surface area contributed by atoms with Crippen LogP contribution in [-0.4, -0.2) is 26.9 Å². The third-order valence-electron chi connectivity index (χ3n) is 8.72. The van der Waals surface area contributed by atoms with Gasteiger partial charge in [-0.2, -0.15) is 0 Å². The molecule has 0 aliphatic heterocycles. The highest BCUT2D eigenvalue weighted by Gasteiger charge is 2.19. The van der Waals surface area contributed by atoms with Gasteiger partial charge in [-0.05, 0) is 86.0 Å². The molecule has 0 saturated heterocycles. The second kappa shape index (κ2) is 24.1. The molecule has 250 valence electrons. The summed E-state index contributed by atoms with van der Waals surface area (Å²) in [7, 11) is 0. The molecule has 0 fully saturated rings. The number of hydrogen-bond acceptors (Lipinski definition) is 4. The van der Waals surface area contributed by atoms with Crippen molar-refractivity contribution in [3.05, 3.63) is 34.6 Å². The average molecular weight is 737 g/mol. The van der Waals surface area contributed by atoms with Crippen molar-refractivity contribution in [1.29, 1.82) is 0 Å². The van der Waals surface area contributed by atoms with Crippen molar-refractivity contribution in [3.63, 3.8) is 0 Å². The van der Waals surface area contributed by atoms with E-state index in [2.05, 4.69) is 89.2 Å². The number of aryl methyl sites for hydroxylation is 1. The Hall–Kier alpha value is -1.14. The largest absolute Gasteiger partial charge is 0.381 e. The Kier molecular flexibility index (Phi) is 21.4. The average Bonchev–Trinajstić information content (AvgIpc) is 3.00. The molecule has 0 saturated carbocycles. The number of aromatic nitrogens is 2. The number of hydrogen-bond donors (Lipinski definition) is 2. The van der Waals surface area contributed by atoms with Crippen LogP contribution in [0.15, 0.2) is 29.0 Å². The fraction of sp³-hybridized carbons (Fsp3) is 0.737. The summed E-state index contributed by atoms with van der Waals surface area (Å²) < 4.78 is 0.992. The van der Waals surface area contributed by atoms with Crippen LogP contribution < -0.4 is 10.6 Å². The lowest BCUT2D eigenvalue weighted by atomic mass is 10.00. The first kappa shape index (κ1) is 39.0. The molecule has 0 bridgehead atoms. The van der Waals surface area contributed by atoms with Gasteiger partial charge in [0.25, 0.3) is 0 Å². The van der Waals surface area contributed by atoms with Gasteiger partial charge in [-0.15, -0.1) is 0 Å². The van der Waals surface area contributed by atoms with Gasteiger partial charge in [0.1, 0.15) is 11.4 Å². The first-order valence-corrected chi connectivity index (χ1v) is 19.9. The first-order chi connectivity index (χ1) is 21.4. The Morgan fingerprint density at radius 3 is 1.84 bits per heavy atom. The molecule has 0 aromatic carbocycles. The number of alkyl halides is 1. The summed E-state index contributed by atoms with van der Waals surface area (Å²) in [6, 6.07) is 5.17. The Morgan fingerprint density at radius 2 is 1.20 bits per heavy atom. The third-order valence-corrected chi connectivity index (χ3v) is 10.1. The molecule has 2 aromatic rings. The molecular weight excluding hydrogens is 672 g/mol. The highest BCUT2D eigenvalue weighted by Crippen LogP contribution is 2.36. The van der Waals surface area contributed by atoms with E-state index in [1.165, 1.54) is 127 Å². The number of nitrogens with zero attached hydrogens (tertiary/aromatic N) is 2. The lowest BCUT2D eigenvalue weighted by Crippen LogP contribution is -2.19. The molecule has 2 rings (SSSR count). The fourth-order valence-electron chi connectivity index (χ4n) is 5.99. The minimum absolute atomic E-state index is 0.377. The number of nitrogens with one attached hydrogen (secondary N) is 2. The predicted octanol–water partition coefficient (Wildman–Crippen LogP) is 13.3. The van der Waals surface area contributed by atoms with E-state index in [1.54, 1.807) is 0 Å². The molecule has 0 radical (unpaired) electrons. The van der Waals surface area contributed by atoms with Gasteiger partial charge in [-0.3, -0.25) is 9.97 Å². The molecule has 3 atom stereocenters. The summed E-state index contributed by atoms with van der Waals surface area (Å²) >= 11 is 7.66. The van der Waals surface area contributed by atoms with Gasteiger partial charge in [0.05, 0.1) is 11.4 Å². The highest BCUT2D eigenvalue weighted by molar-refractivity contribution is 9.10. The summed E-state index contributed by atoms with van der Waals surface area (Å²) in [5.74, 6) is 0. The molecular formula is C38H64Br2N4. The van der Waals surface area contributed by atoms with Crippen LogP contribution in [-0.2, 0) is 6.42 Å².